The quantitative estimate of drug-likeness (QED) is 0.739. The number of carbonyl (C=O) groups is 1. The summed E-state index contributed by atoms with van der Waals surface area (Å²) in [6.07, 6.45) is 4.29. The number of imidazole rings is 1. The van der Waals surface area contributed by atoms with Crippen LogP contribution < -0.4 is 4.74 Å². The van der Waals surface area contributed by atoms with Crippen molar-refractivity contribution < 1.29 is 14.6 Å². The fraction of sp³-hybridized carbons (Fsp3) is 0. The third-order valence-corrected chi connectivity index (χ3v) is 3.76. The highest BCUT2D eigenvalue weighted by Gasteiger charge is 2.14. The van der Waals surface area contributed by atoms with Crippen molar-refractivity contribution in [2.24, 2.45) is 0 Å². The molecule has 0 radical (unpaired) electrons. The van der Waals surface area contributed by atoms with Crippen molar-refractivity contribution in [3.63, 3.8) is 0 Å². The molecule has 3 aromatic rings. The summed E-state index contributed by atoms with van der Waals surface area (Å²) in [5, 5.41) is 11.1. The van der Waals surface area contributed by atoms with Crippen molar-refractivity contribution in [3.8, 4) is 11.6 Å². The van der Waals surface area contributed by atoms with Gasteiger partial charge in [0.1, 0.15) is 11.4 Å². The second kappa shape index (κ2) is 5.59. The largest absolute Gasteiger partial charge is 0.478 e. The zero-order valence-corrected chi connectivity index (χ0v) is 12.1. The lowest BCUT2D eigenvalue weighted by Crippen LogP contribution is -1.91. The van der Waals surface area contributed by atoms with Crippen molar-refractivity contribution >= 4 is 39.9 Å². The molecule has 1 N–H and O–H groups in total. The van der Waals surface area contributed by atoms with Crippen molar-refractivity contribution in [2.75, 3.05) is 0 Å². The topological polar surface area (TPSA) is 63.8 Å². The summed E-state index contributed by atoms with van der Waals surface area (Å²) >= 11 is 7.49. The third-order valence-electron chi connectivity index (χ3n) is 2.69. The fourth-order valence-corrected chi connectivity index (χ4v) is 2.68. The minimum atomic E-state index is -1.04. The zero-order valence-electron chi connectivity index (χ0n) is 10.6. The maximum atomic E-state index is 10.7. The van der Waals surface area contributed by atoms with Crippen LogP contribution in [-0.4, -0.2) is 20.5 Å². The van der Waals surface area contributed by atoms with Crippen LogP contribution in [0.3, 0.4) is 0 Å². The molecule has 3 rings (SSSR count). The van der Waals surface area contributed by atoms with Gasteiger partial charge in [-0.15, -0.1) is 11.3 Å². The van der Waals surface area contributed by atoms with E-state index in [1.807, 2.05) is 5.38 Å². The number of aromatic nitrogens is 2. The number of carboxylic acids is 1. The molecule has 0 aliphatic rings. The van der Waals surface area contributed by atoms with Crippen molar-refractivity contribution in [1.82, 2.24) is 9.38 Å². The van der Waals surface area contributed by atoms with Crippen LogP contribution in [0.4, 0.5) is 0 Å². The van der Waals surface area contributed by atoms with Crippen LogP contribution in [0.15, 0.2) is 41.9 Å². The van der Waals surface area contributed by atoms with Crippen molar-refractivity contribution in [2.45, 2.75) is 0 Å². The molecule has 0 amide bonds. The van der Waals surface area contributed by atoms with Gasteiger partial charge in [0.25, 0.3) is 0 Å². The van der Waals surface area contributed by atoms with Gasteiger partial charge in [0.05, 0.1) is 5.02 Å². The molecular formula is C14H9ClN2O3S. The van der Waals surface area contributed by atoms with Crippen LogP contribution >= 0.6 is 22.9 Å². The van der Waals surface area contributed by atoms with E-state index in [9.17, 15) is 4.79 Å². The Morgan fingerprint density at radius 2 is 2.24 bits per heavy atom. The molecule has 7 heteroatoms. The van der Waals surface area contributed by atoms with Gasteiger partial charge in [0, 0.05) is 17.7 Å². The molecule has 0 atom stereocenters. The maximum Gasteiger partial charge on any atom is 0.328 e. The average Bonchev–Trinajstić information content (AvgIpc) is 3.00. The smallest absolute Gasteiger partial charge is 0.328 e. The molecule has 2 aromatic heterocycles. The first-order valence-corrected chi connectivity index (χ1v) is 7.20. The van der Waals surface area contributed by atoms with E-state index in [0.29, 0.717) is 27.3 Å². The second-order valence-electron chi connectivity index (χ2n) is 4.06. The van der Waals surface area contributed by atoms with Gasteiger partial charge in [0.2, 0.25) is 5.88 Å². The number of carboxylic acid groups (broad SMARTS) is 1. The van der Waals surface area contributed by atoms with Crippen LogP contribution in [0.25, 0.3) is 11.0 Å². The Labute approximate surface area is 128 Å². The fourth-order valence-electron chi connectivity index (χ4n) is 1.79. The molecule has 1 aromatic carbocycles. The Kier molecular flexibility index (Phi) is 3.64. The monoisotopic (exact) mass is 320 g/mol. The minimum absolute atomic E-state index is 0.312. The molecule has 0 spiro atoms. The predicted octanol–water partition coefficient (Wildman–Crippen LogP) is 3.94. The number of aliphatic carboxylic acids is 1. The number of hydrogen-bond acceptors (Lipinski definition) is 4. The highest BCUT2D eigenvalue weighted by Crippen LogP contribution is 2.32. The lowest BCUT2D eigenvalue weighted by Gasteiger charge is -2.05. The molecule has 0 unspecified atom stereocenters. The van der Waals surface area contributed by atoms with E-state index in [1.54, 1.807) is 34.9 Å². The summed E-state index contributed by atoms with van der Waals surface area (Å²) in [4.78, 5) is 15.8. The van der Waals surface area contributed by atoms with Gasteiger partial charge >= 0.3 is 5.97 Å². The van der Waals surface area contributed by atoms with Gasteiger partial charge in [-0.25, -0.2) is 4.79 Å². The van der Waals surface area contributed by atoms with E-state index < -0.39 is 5.97 Å². The number of benzene rings is 1. The van der Waals surface area contributed by atoms with E-state index in [-0.39, 0.29) is 0 Å². The SMILES string of the molecule is O=C(O)/C=C/c1c(Oc2ccccc2Cl)nc2sccn12. The molecule has 0 fully saturated rings. The number of nitrogens with zero attached hydrogens (tertiary/aromatic N) is 2. The number of ether oxygens (including phenoxy) is 1. The Hall–Kier alpha value is -2.31. The van der Waals surface area contributed by atoms with Gasteiger partial charge < -0.3 is 9.84 Å². The predicted molar refractivity (Wildman–Crippen MR) is 81.3 cm³/mol. The first-order chi connectivity index (χ1) is 10.1. The number of halogens is 1. The molecule has 0 saturated heterocycles. The number of rotatable bonds is 4. The highest BCUT2D eigenvalue weighted by molar-refractivity contribution is 7.15. The third kappa shape index (κ3) is 2.76. The molecule has 106 valence electrons. The number of fused-ring (bicyclic) bond motifs is 1. The first-order valence-electron chi connectivity index (χ1n) is 5.94. The molecule has 0 bridgehead atoms. The van der Waals surface area contributed by atoms with Crippen LogP contribution in [0.5, 0.6) is 11.6 Å². The van der Waals surface area contributed by atoms with Gasteiger partial charge in [-0.2, -0.15) is 4.98 Å². The Morgan fingerprint density at radius 1 is 1.43 bits per heavy atom. The normalized spacial score (nSPS) is 11.3. The van der Waals surface area contributed by atoms with E-state index in [4.69, 9.17) is 21.4 Å². The first kappa shape index (κ1) is 13.7. The van der Waals surface area contributed by atoms with E-state index in [0.717, 1.165) is 6.08 Å². The Balaban J connectivity index is 2.05. The van der Waals surface area contributed by atoms with Crippen LogP contribution in [0.1, 0.15) is 5.69 Å². The molecule has 0 saturated carbocycles. The van der Waals surface area contributed by atoms with Crippen molar-refractivity contribution in [3.05, 3.63) is 52.6 Å². The van der Waals surface area contributed by atoms with Gasteiger partial charge in [-0.1, -0.05) is 23.7 Å². The molecule has 0 aliphatic heterocycles. The summed E-state index contributed by atoms with van der Waals surface area (Å²) in [6, 6.07) is 7.03. The maximum absolute atomic E-state index is 10.7. The summed E-state index contributed by atoms with van der Waals surface area (Å²) in [5.41, 5.74) is 0.550. The summed E-state index contributed by atoms with van der Waals surface area (Å²) in [7, 11) is 0. The van der Waals surface area contributed by atoms with Crippen molar-refractivity contribution in [1.29, 1.82) is 0 Å². The van der Waals surface area contributed by atoms with E-state index in [2.05, 4.69) is 4.98 Å². The summed E-state index contributed by atoms with van der Waals surface area (Å²) < 4.78 is 7.47. The lowest BCUT2D eigenvalue weighted by molar-refractivity contribution is -0.131. The lowest BCUT2D eigenvalue weighted by atomic mass is 10.3. The van der Waals surface area contributed by atoms with E-state index in [1.165, 1.54) is 17.4 Å². The molecule has 0 aliphatic carbocycles. The van der Waals surface area contributed by atoms with Gasteiger partial charge in [-0.05, 0) is 18.2 Å². The Morgan fingerprint density at radius 3 is 3.00 bits per heavy atom. The number of hydrogen-bond donors (Lipinski definition) is 1. The number of thiazole rings is 1. The average molecular weight is 321 g/mol. The van der Waals surface area contributed by atoms with Crippen LogP contribution in [-0.2, 0) is 4.79 Å². The van der Waals surface area contributed by atoms with Crippen LogP contribution in [0.2, 0.25) is 5.02 Å². The van der Waals surface area contributed by atoms with Gasteiger partial charge in [-0.3, -0.25) is 4.40 Å². The standard InChI is InChI=1S/C14H9ClN2O3S/c15-9-3-1-2-4-11(9)20-13-10(5-6-12(18)19)17-7-8-21-14(17)16-13/h1-8H,(H,18,19)/b6-5+. The molecular weight excluding hydrogens is 312 g/mol. The summed E-state index contributed by atoms with van der Waals surface area (Å²) in [6.45, 7) is 0. The van der Waals surface area contributed by atoms with E-state index >= 15 is 0 Å². The minimum Gasteiger partial charge on any atom is -0.478 e. The zero-order chi connectivity index (χ0) is 14.8. The molecule has 21 heavy (non-hydrogen) atoms. The van der Waals surface area contributed by atoms with Gasteiger partial charge in [0.15, 0.2) is 4.96 Å². The molecule has 5 nitrogen and oxygen atoms in total. The second-order valence-corrected chi connectivity index (χ2v) is 5.34. The van der Waals surface area contributed by atoms with Crippen LogP contribution in [0, 0.1) is 0 Å². The highest BCUT2D eigenvalue weighted by atomic mass is 35.5. The molecule has 2 heterocycles. The Bertz CT molecular complexity index is 838. The number of para-hydroxylation sites is 1. The summed E-state index contributed by atoms with van der Waals surface area (Å²) in [5.74, 6) is -0.258.